The van der Waals surface area contributed by atoms with Crippen molar-refractivity contribution in [1.29, 1.82) is 0 Å². The van der Waals surface area contributed by atoms with Crippen LogP contribution in [0.4, 0.5) is 10.1 Å². The molecule has 2 rings (SSSR count). The summed E-state index contributed by atoms with van der Waals surface area (Å²) in [7, 11) is 0. The van der Waals surface area contributed by atoms with Gasteiger partial charge in [0, 0.05) is 28.2 Å². The number of nitrogens with one attached hydrogen (secondary N) is 1. The molecule has 0 atom stereocenters. The fourth-order valence-corrected chi connectivity index (χ4v) is 2.18. The molecule has 112 valence electrons. The van der Waals surface area contributed by atoms with Crippen LogP contribution in [0.3, 0.4) is 0 Å². The third-order valence-electron chi connectivity index (χ3n) is 2.84. The quantitative estimate of drug-likeness (QED) is 0.646. The molecule has 0 saturated carbocycles. The largest absolute Gasteiger partial charge is 0.326 e. The average Bonchev–Trinajstić information content (AvgIpc) is 2.45. The Morgan fingerprint density at radius 3 is 2.64 bits per heavy atom. The molecular formula is C17H13BrFNO2. The number of hydrogen-bond acceptors (Lipinski definition) is 2. The maximum Gasteiger partial charge on any atom is 0.221 e. The Morgan fingerprint density at radius 1 is 1.18 bits per heavy atom. The Kier molecular flexibility index (Phi) is 5.22. The van der Waals surface area contributed by atoms with Crippen LogP contribution in [0.25, 0.3) is 6.08 Å². The molecule has 0 heterocycles. The number of benzene rings is 2. The van der Waals surface area contributed by atoms with Gasteiger partial charge in [0.25, 0.3) is 0 Å². The van der Waals surface area contributed by atoms with Crippen LogP contribution in [0.5, 0.6) is 0 Å². The van der Waals surface area contributed by atoms with Gasteiger partial charge in [-0.1, -0.05) is 34.1 Å². The highest BCUT2D eigenvalue weighted by Crippen LogP contribution is 2.17. The van der Waals surface area contributed by atoms with Gasteiger partial charge in [0.05, 0.1) is 0 Å². The lowest BCUT2D eigenvalue weighted by atomic mass is 10.1. The van der Waals surface area contributed by atoms with Crippen molar-refractivity contribution in [3.05, 3.63) is 70.0 Å². The maximum atomic E-state index is 13.7. The molecule has 0 aromatic heterocycles. The number of rotatable bonds is 4. The van der Waals surface area contributed by atoms with Crippen molar-refractivity contribution in [2.75, 3.05) is 5.32 Å². The molecule has 2 aromatic rings. The van der Waals surface area contributed by atoms with Gasteiger partial charge in [0.2, 0.25) is 5.91 Å². The molecule has 0 spiro atoms. The van der Waals surface area contributed by atoms with E-state index in [1.807, 2.05) is 0 Å². The van der Waals surface area contributed by atoms with Crippen LogP contribution in [0, 0.1) is 5.82 Å². The maximum absolute atomic E-state index is 13.7. The summed E-state index contributed by atoms with van der Waals surface area (Å²) in [6.07, 6.45) is 2.73. The van der Waals surface area contributed by atoms with E-state index in [4.69, 9.17) is 0 Å². The van der Waals surface area contributed by atoms with Gasteiger partial charge in [-0.3, -0.25) is 9.59 Å². The number of hydrogen-bond donors (Lipinski definition) is 1. The highest BCUT2D eigenvalue weighted by Gasteiger charge is 2.05. The molecule has 22 heavy (non-hydrogen) atoms. The molecule has 0 unspecified atom stereocenters. The standard InChI is InChI=1S/C17H13BrFNO2/c1-11(21)20-15-4-2-3-13(9-15)17(22)8-6-12-5-7-14(18)10-16(12)19/h2-10H,1H3,(H,20,21)/b8-6+. The van der Waals surface area contributed by atoms with Gasteiger partial charge < -0.3 is 5.32 Å². The third kappa shape index (κ3) is 4.36. The lowest BCUT2D eigenvalue weighted by molar-refractivity contribution is -0.114. The molecule has 0 fully saturated rings. The lowest BCUT2D eigenvalue weighted by Crippen LogP contribution is -2.06. The minimum Gasteiger partial charge on any atom is -0.326 e. The molecule has 0 saturated heterocycles. The highest BCUT2D eigenvalue weighted by molar-refractivity contribution is 9.10. The van der Waals surface area contributed by atoms with Crippen molar-refractivity contribution in [2.45, 2.75) is 6.92 Å². The summed E-state index contributed by atoms with van der Waals surface area (Å²) < 4.78 is 14.3. The number of carbonyl (C=O) groups excluding carboxylic acids is 2. The molecule has 0 radical (unpaired) electrons. The third-order valence-corrected chi connectivity index (χ3v) is 3.34. The molecule has 0 aliphatic carbocycles. The van der Waals surface area contributed by atoms with Crippen LogP contribution in [-0.4, -0.2) is 11.7 Å². The first kappa shape index (κ1) is 16.1. The van der Waals surface area contributed by atoms with Crippen molar-refractivity contribution in [2.24, 2.45) is 0 Å². The van der Waals surface area contributed by atoms with Crippen LogP contribution in [-0.2, 0) is 4.79 Å². The Labute approximate surface area is 136 Å². The molecule has 0 bridgehead atoms. The van der Waals surface area contributed by atoms with Crippen LogP contribution >= 0.6 is 15.9 Å². The second-order valence-corrected chi connectivity index (χ2v) is 5.54. The topological polar surface area (TPSA) is 46.2 Å². The minimum absolute atomic E-state index is 0.211. The van der Waals surface area contributed by atoms with E-state index in [0.29, 0.717) is 21.3 Å². The first-order valence-electron chi connectivity index (χ1n) is 6.51. The van der Waals surface area contributed by atoms with Crippen LogP contribution < -0.4 is 5.32 Å². The first-order chi connectivity index (χ1) is 10.5. The van der Waals surface area contributed by atoms with E-state index in [1.165, 1.54) is 25.1 Å². The average molecular weight is 362 g/mol. The van der Waals surface area contributed by atoms with Crippen LogP contribution in [0.1, 0.15) is 22.8 Å². The van der Waals surface area contributed by atoms with Crippen molar-refractivity contribution in [3.8, 4) is 0 Å². The zero-order valence-corrected chi connectivity index (χ0v) is 13.4. The van der Waals surface area contributed by atoms with Gasteiger partial charge in [-0.25, -0.2) is 4.39 Å². The summed E-state index contributed by atoms with van der Waals surface area (Å²) in [5, 5.41) is 2.61. The fraction of sp³-hybridized carbons (Fsp3) is 0.0588. The zero-order valence-electron chi connectivity index (χ0n) is 11.8. The van der Waals surface area contributed by atoms with Gasteiger partial charge in [0.1, 0.15) is 5.82 Å². The SMILES string of the molecule is CC(=O)Nc1cccc(C(=O)/C=C/c2ccc(Br)cc2F)c1. The summed E-state index contributed by atoms with van der Waals surface area (Å²) >= 11 is 3.18. The Morgan fingerprint density at radius 2 is 1.95 bits per heavy atom. The number of amides is 1. The van der Waals surface area contributed by atoms with Crippen molar-refractivity contribution < 1.29 is 14.0 Å². The molecule has 0 aliphatic heterocycles. The first-order valence-corrected chi connectivity index (χ1v) is 7.30. The van der Waals surface area contributed by atoms with Crippen LogP contribution in [0.15, 0.2) is 53.0 Å². The molecule has 0 aliphatic rings. The molecule has 2 aromatic carbocycles. The summed E-state index contributed by atoms with van der Waals surface area (Å²) in [6.45, 7) is 1.39. The number of carbonyl (C=O) groups is 2. The summed E-state index contributed by atoms with van der Waals surface area (Å²) in [5.41, 5.74) is 1.29. The second-order valence-electron chi connectivity index (χ2n) is 4.63. The normalized spacial score (nSPS) is 10.7. The fourth-order valence-electron chi connectivity index (χ4n) is 1.85. The Bertz CT molecular complexity index is 756. The van der Waals surface area contributed by atoms with Crippen molar-refractivity contribution in [3.63, 3.8) is 0 Å². The lowest BCUT2D eigenvalue weighted by Gasteiger charge is -2.03. The van der Waals surface area contributed by atoms with Gasteiger partial charge >= 0.3 is 0 Å². The summed E-state index contributed by atoms with van der Waals surface area (Å²) in [5.74, 6) is -0.892. The molecular weight excluding hydrogens is 349 g/mol. The smallest absolute Gasteiger partial charge is 0.221 e. The number of allylic oxidation sites excluding steroid dienone is 1. The minimum atomic E-state index is -0.412. The number of halogens is 2. The summed E-state index contributed by atoms with van der Waals surface area (Å²) in [4.78, 5) is 23.1. The van der Waals surface area contributed by atoms with Gasteiger partial charge in [0.15, 0.2) is 5.78 Å². The van der Waals surface area contributed by atoms with Gasteiger partial charge in [-0.15, -0.1) is 0 Å². The van der Waals surface area contributed by atoms with Gasteiger partial charge in [-0.05, 0) is 36.4 Å². The predicted molar refractivity (Wildman–Crippen MR) is 88.2 cm³/mol. The van der Waals surface area contributed by atoms with E-state index in [9.17, 15) is 14.0 Å². The van der Waals surface area contributed by atoms with E-state index in [2.05, 4.69) is 21.2 Å². The number of ketones is 1. The number of anilines is 1. The van der Waals surface area contributed by atoms with Crippen molar-refractivity contribution in [1.82, 2.24) is 0 Å². The predicted octanol–water partition coefficient (Wildman–Crippen LogP) is 4.44. The second kappa shape index (κ2) is 7.13. The van der Waals surface area contributed by atoms with E-state index in [-0.39, 0.29) is 11.7 Å². The zero-order chi connectivity index (χ0) is 16.1. The molecule has 1 amide bonds. The van der Waals surface area contributed by atoms with E-state index in [1.54, 1.807) is 36.4 Å². The Balaban J connectivity index is 2.18. The van der Waals surface area contributed by atoms with Crippen molar-refractivity contribution >= 4 is 39.4 Å². The van der Waals surface area contributed by atoms with Crippen LogP contribution in [0.2, 0.25) is 0 Å². The van der Waals surface area contributed by atoms with E-state index >= 15 is 0 Å². The van der Waals surface area contributed by atoms with Gasteiger partial charge in [-0.2, -0.15) is 0 Å². The van der Waals surface area contributed by atoms with E-state index in [0.717, 1.165) is 0 Å². The molecule has 3 nitrogen and oxygen atoms in total. The molecule has 1 N–H and O–H groups in total. The van der Waals surface area contributed by atoms with E-state index < -0.39 is 5.82 Å². The Hall–Kier alpha value is -2.27. The molecule has 5 heteroatoms. The highest BCUT2D eigenvalue weighted by atomic mass is 79.9. The monoisotopic (exact) mass is 361 g/mol. The summed E-state index contributed by atoms with van der Waals surface area (Å²) in [6, 6.07) is 11.2.